The van der Waals surface area contributed by atoms with Crippen molar-refractivity contribution in [1.29, 1.82) is 0 Å². The molecule has 3 N–H and O–H groups in total. The highest BCUT2D eigenvalue weighted by molar-refractivity contribution is 14.0. The number of furan rings is 1. The van der Waals surface area contributed by atoms with Crippen LogP contribution < -0.4 is 16.0 Å². The number of nitrogens with zero attached hydrogens (tertiary/aromatic N) is 1. The van der Waals surface area contributed by atoms with Crippen molar-refractivity contribution in [2.24, 2.45) is 4.99 Å². The van der Waals surface area contributed by atoms with Crippen LogP contribution in [0, 0.1) is 0 Å². The topological polar surface area (TPSA) is 78.7 Å². The maximum atomic E-state index is 12.1. The zero-order chi connectivity index (χ0) is 18.9. The number of carbonyl (C=O) groups is 1. The van der Waals surface area contributed by atoms with Crippen LogP contribution in [0.4, 0.5) is 5.69 Å². The summed E-state index contributed by atoms with van der Waals surface area (Å²) in [4.78, 5) is 18.0. The summed E-state index contributed by atoms with van der Waals surface area (Å²) in [5.41, 5.74) is 1.71. The van der Waals surface area contributed by atoms with E-state index in [9.17, 15) is 4.79 Å². The average Bonchev–Trinajstić information content (AvgIpc) is 3.38. The molecule has 0 spiro atoms. The number of hydrogen-bond donors (Lipinski definition) is 3. The summed E-state index contributed by atoms with van der Waals surface area (Å²) in [6, 6.07) is 15.1. The van der Waals surface area contributed by atoms with Gasteiger partial charge in [-0.2, -0.15) is 0 Å². The molecule has 8 heteroatoms. The predicted molar refractivity (Wildman–Crippen MR) is 124 cm³/mol. The highest BCUT2D eigenvalue weighted by Crippen LogP contribution is 2.13. The zero-order valence-corrected chi connectivity index (χ0v) is 18.6. The largest absolute Gasteiger partial charge is 0.459 e. The van der Waals surface area contributed by atoms with E-state index in [0.29, 0.717) is 12.2 Å². The molecule has 0 aliphatic heterocycles. The number of carbonyl (C=O) groups excluding carboxylic acids is 1. The second-order valence-electron chi connectivity index (χ2n) is 5.76. The minimum Gasteiger partial charge on any atom is -0.459 e. The van der Waals surface area contributed by atoms with Gasteiger partial charge in [-0.15, -0.1) is 35.3 Å². The fourth-order valence-corrected chi connectivity index (χ4v) is 3.09. The Morgan fingerprint density at radius 3 is 2.75 bits per heavy atom. The van der Waals surface area contributed by atoms with Crippen molar-refractivity contribution in [3.05, 3.63) is 76.4 Å². The molecule has 28 heavy (non-hydrogen) atoms. The second-order valence-corrected chi connectivity index (χ2v) is 6.79. The van der Waals surface area contributed by atoms with Gasteiger partial charge in [0.15, 0.2) is 11.7 Å². The number of benzene rings is 1. The third kappa shape index (κ3) is 6.68. The molecule has 0 radical (unpaired) electrons. The molecule has 2 heterocycles. The zero-order valence-electron chi connectivity index (χ0n) is 15.5. The van der Waals surface area contributed by atoms with Crippen LogP contribution >= 0.6 is 35.3 Å². The molecule has 2 aromatic heterocycles. The van der Waals surface area contributed by atoms with Crippen LogP contribution in [0.5, 0.6) is 0 Å². The van der Waals surface area contributed by atoms with Gasteiger partial charge in [0.05, 0.1) is 19.4 Å². The molecule has 0 aliphatic carbocycles. The first-order chi connectivity index (χ1) is 13.2. The molecule has 1 aromatic carbocycles. The van der Waals surface area contributed by atoms with E-state index in [4.69, 9.17) is 4.42 Å². The van der Waals surface area contributed by atoms with E-state index in [0.717, 1.165) is 24.6 Å². The molecule has 0 aliphatic rings. The fourth-order valence-electron chi connectivity index (χ4n) is 2.44. The Labute approximate surface area is 185 Å². The first kappa shape index (κ1) is 22.0. The van der Waals surface area contributed by atoms with E-state index < -0.39 is 0 Å². The van der Waals surface area contributed by atoms with Crippen LogP contribution in [0.2, 0.25) is 0 Å². The monoisotopic (exact) mass is 510 g/mol. The minimum absolute atomic E-state index is 0. The van der Waals surface area contributed by atoms with E-state index in [2.05, 4.69) is 32.4 Å². The molecule has 0 saturated carbocycles. The van der Waals surface area contributed by atoms with E-state index in [1.54, 1.807) is 23.5 Å². The lowest BCUT2D eigenvalue weighted by molar-refractivity contribution is 0.0996. The number of thiophene rings is 1. The van der Waals surface area contributed by atoms with Crippen molar-refractivity contribution in [2.75, 3.05) is 11.9 Å². The standard InChI is InChI=1S/C20H22N4O2S.HI/c1-2-21-20(23-14-17-8-5-11-27-17)22-13-15-6-3-7-16(12-15)24-19(25)18-9-4-10-26-18;/h3-12H,2,13-14H2,1H3,(H,24,25)(H2,21,22,23);1H. The summed E-state index contributed by atoms with van der Waals surface area (Å²) in [5.74, 6) is 0.771. The minimum atomic E-state index is -0.272. The van der Waals surface area contributed by atoms with Gasteiger partial charge >= 0.3 is 0 Å². The Hall–Kier alpha value is -2.33. The van der Waals surface area contributed by atoms with Crippen molar-refractivity contribution in [2.45, 2.75) is 20.0 Å². The molecule has 0 bridgehead atoms. The summed E-state index contributed by atoms with van der Waals surface area (Å²) in [6.45, 7) is 4.07. The fraction of sp³-hybridized carbons (Fsp3) is 0.200. The van der Waals surface area contributed by atoms with Crippen LogP contribution in [-0.2, 0) is 13.1 Å². The molecule has 0 saturated heterocycles. The highest BCUT2D eigenvalue weighted by atomic mass is 127. The van der Waals surface area contributed by atoms with E-state index in [-0.39, 0.29) is 35.6 Å². The molecule has 6 nitrogen and oxygen atoms in total. The highest BCUT2D eigenvalue weighted by Gasteiger charge is 2.08. The number of amides is 1. The summed E-state index contributed by atoms with van der Waals surface area (Å²) >= 11 is 1.71. The van der Waals surface area contributed by atoms with Crippen molar-refractivity contribution >= 4 is 52.9 Å². The molecule has 0 unspecified atom stereocenters. The van der Waals surface area contributed by atoms with Crippen LogP contribution in [0.1, 0.15) is 27.9 Å². The summed E-state index contributed by atoms with van der Waals surface area (Å²) < 4.78 is 5.11. The van der Waals surface area contributed by atoms with E-state index in [1.165, 1.54) is 11.1 Å². The van der Waals surface area contributed by atoms with Gasteiger partial charge in [-0.25, -0.2) is 4.99 Å². The SMILES string of the molecule is CCNC(=NCc1cccc(NC(=O)c2ccco2)c1)NCc1cccs1.I. The molecule has 3 rings (SSSR count). The summed E-state index contributed by atoms with van der Waals surface area (Å²) in [5, 5.41) is 11.5. The third-order valence-corrected chi connectivity index (χ3v) is 4.58. The number of aliphatic imine (C=N–C) groups is 1. The predicted octanol–water partition coefficient (Wildman–Crippen LogP) is 4.47. The summed E-state index contributed by atoms with van der Waals surface area (Å²) in [7, 11) is 0. The lowest BCUT2D eigenvalue weighted by Gasteiger charge is -2.11. The van der Waals surface area contributed by atoms with Crippen LogP contribution in [0.25, 0.3) is 0 Å². The molecule has 148 valence electrons. The Bertz CT molecular complexity index is 880. The normalized spacial score (nSPS) is 10.8. The Balaban J connectivity index is 0.00000280. The van der Waals surface area contributed by atoms with Gasteiger partial charge < -0.3 is 20.4 Å². The average molecular weight is 510 g/mol. The molecule has 1 amide bonds. The van der Waals surface area contributed by atoms with Gasteiger partial charge in [0.2, 0.25) is 0 Å². The quantitative estimate of drug-likeness (QED) is 0.249. The third-order valence-electron chi connectivity index (χ3n) is 3.70. The van der Waals surface area contributed by atoms with Crippen molar-refractivity contribution in [3.8, 4) is 0 Å². The number of anilines is 1. The Kier molecular flexibility index (Phi) is 9.02. The van der Waals surface area contributed by atoms with Crippen molar-refractivity contribution in [1.82, 2.24) is 10.6 Å². The van der Waals surface area contributed by atoms with Gasteiger partial charge in [-0.1, -0.05) is 18.2 Å². The van der Waals surface area contributed by atoms with Gasteiger partial charge in [-0.05, 0) is 48.2 Å². The van der Waals surface area contributed by atoms with Gasteiger partial charge in [-0.3, -0.25) is 4.79 Å². The lowest BCUT2D eigenvalue weighted by Crippen LogP contribution is -2.36. The molecule has 3 aromatic rings. The van der Waals surface area contributed by atoms with Gasteiger partial charge in [0.1, 0.15) is 0 Å². The maximum absolute atomic E-state index is 12.1. The first-order valence-corrected chi connectivity index (χ1v) is 9.61. The van der Waals surface area contributed by atoms with Crippen LogP contribution in [0.3, 0.4) is 0 Å². The number of rotatable bonds is 7. The number of halogens is 1. The maximum Gasteiger partial charge on any atom is 0.291 e. The summed E-state index contributed by atoms with van der Waals surface area (Å²) in [6.07, 6.45) is 1.48. The number of guanidine groups is 1. The Morgan fingerprint density at radius 1 is 1.14 bits per heavy atom. The van der Waals surface area contributed by atoms with E-state index in [1.807, 2.05) is 37.3 Å². The molecular formula is C20H23IN4O2S. The molecule has 0 atom stereocenters. The smallest absolute Gasteiger partial charge is 0.291 e. The molecule has 0 fully saturated rings. The van der Waals surface area contributed by atoms with Gasteiger partial charge in [0.25, 0.3) is 5.91 Å². The lowest BCUT2D eigenvalue weighted by atomic mass is 10.2. The van der Waals surface area contributed by atoms with Crippen molar-refractivity contribution in [3.63, 3.8) is 0 Å². The van der Waals surface area contributed by atoms with Crippen molar-refractivity contribution < 1.29 is 9.21 Å². The first-order valence-electron chi connectivity index (χ1n) is 8.73. The molecular weight excluding hydrogens is 487 g/mol. The Morgan fingerprint density at radius 2 is 2.04 bits per heavy atom. The van der Waals surface area contributed by atoms with Crippen LogP contribution in [0.15, 0.2) is 69.6 Å². The number of hydrogen-bond acceptors (Lipinski definition) is 4. The second kappa shape index (κ2) is 11.5. The van der Waals surface area contributed by atoms with Gasteiger partial charge in [0, 0.05) is 17.1 Å². The van der Waals surface area contributed by atoms with Crippen LogP contribution in [-0.4, -0.2) is 18.4 Å². The number of nitrogens with one attached hydrogen (secondary N) is 3. The van der Waals surface area contributed by atoms with E-state index >= 15 is 0 Å².